The molecule has 3 rings (SSSR count). The van der Waals surface area contributed by atoms with Gasteiger partial charge in [-0.2, -0.15) is 4.72 Å². The van der Waals surface area contributed by atoms with Crippen LogP contribution in [0.1, 0.15) is 15.9 Å². The van der Waals surface area contributed by atoms with Crippen LogP contribution in [0.15, 0.2) is 47.4 Å². The number of carbonyl (C=O) groups excluding carboxylic acids is 1. The summed E-state index contributed by atoms with van der Waals surface area (Å²) in [6, 6.07) is 11.4. The first-order valence-electron chi connectivity index (χ1n) is 8.69. The summed E-state index contributed by atoms with van der Waals surface area (Å²) in [6.07, 6.45) is 5.69. The highest BCUT2D eigenvalue weighted by Crippen LogP contribution is 2.30. The van der Waals surface area contributed by atoms with Gasteiger partial charge in [-0.25, -0.2) is 8.42 Å². The number of rotatable bonds is 7. The van der Waals surface area contributed by atoms with Crippen molar-refractivity contribution in [2.45, 2.75) is 11.3 Å². The van der Waals surface area contributed by atoms with Gasteiger partial charge in [-0.05, 0) is 48.4 Å². The molecule has 0 aromatic heterocycles. The Kier molecular flexibility index (Phi) is 6.19. The number of nitrogens with one attached hydrogen (secondary N) is 2. The summed E-state index contributed by atoms with van der Waals surface area (Å²) in [7, 11) is -3.67. The lowest BCUT2D eigenvalue weighted by Crippen LogP contribution is -2.26. The van der Waals surface area contributed by atoms with Crippen LogP contribution in [0.25, 0.3) is 0 Å². The Morgan fingerprint density at radius 3 is 2.50 bits per heavy atom. The van der Waals surface area contributed by atoms with Crippen molar-refractivity contribution in [3.05, 3.63) is 53.6 Å². The zero-order valence-electron chi connectivity index (χ0n) is 15.1. The second-order valence-corrected chi connectivity index (χ2v) is 7.80. The summed E-state index contributed by atoms with van der Waals surface area (Å²) in [5, 5.41) is 2.82. The molecule has 1 aliphatic heterocycles. The number of amides is 1. The molecule has 0 spiro atoms. The molecule has 2 aromatic carbocycles. The van der Waals surface area contributed by atoms with E-state index in [2.05, 4.69) is 16.0 Å². The second kappa shape index (κ2) is 8.78. The van der Waals surface area contributed by atoms with Gasteiger partial charge in [-0.1, -0.05) is 12.0 Å². The smallest absolute Gasteiger partial charge is 0.251 e. The molecular formula is C20H20N2O5S. The number of fused-ring (bicyclic) bond motifs is 1. The van der Waals surface area contributed by atoms with Crippen molar-refractivity contribution in [3.8, 4) is 23.8 Å². The number of terminal acetylenes is 1. The lowest BCUT2D eigenvalue weighted by molar-refractivity contribution is 0.0954. The SMILES string of the molecule is C#CCNS(=O)(=O)c1ccc(C(=O)NCCc2ccc3c(c2)OCCO3)cc1. The molecule has 2 N–H and O–H groups in total. The summed E-state index contributed by atoms with van der Waals surface area (Å²) in [5.74, 6) is 3.37. The van der Waals surface area contributed by atoms with E-state index in [1.807, 2.05) is 18.2 Å². The van der Waals surface area contributed by atoms with Gasteiger partial charge in [0.15, 0.2) is 11.5 Å². The van der Waals surface area contributed by atoms with Crippen molar-refractivity contribution in [2.24, 2.45) is 0 Å². The number of sulfonamides is 1. The highest BCUT2D eigenvalue weighted by atomic mass is 32.2. The molecular weight excluding hydrogens is 380 g/mol. The Bertz CT molecular complexity index is 994. The minimum atomic E-state index is -3.67. The fourth-order valence-electron chi connectivity index (χ4n) is 2.67. The first kappa shape index (κ1) is 19.7. The van der Waals surface area contributed by atoms with E-state index >= 15 is 0 Å². The van der Waals surface area contributed by atoms with Gasteiger partial charge in [-0.3, -0.25) is 4.79 Å². The maximum absolute atomic E-state index is 12.3. The van der Waals surface area contributed by atoms with E-state index < -0.39 is 10.0 Å². The third-order valence-corrected chi connectivity index (χ3v) is 5.51. The largest absolute Gasteiger partial charge is 0.486 e. The summed E-state index contributed by atoms with van der Waals surface area (Å²) in [5.41, 5.74) is 1.39. The van der Waals surface area contributed by atoms with Gasteiger partial charge in [0.1, 0.15) is 13.2 Å². The van der Waals surface area contributed by atoms with E-state index in [0.29, 0.717) is 37.5 Å². The van der Waals surface area contributed by atoms with Crippen LogP contribution < -0.4 is 19.5 Å². The number of carbonyl (C=O) groups is 1. The standard InChI is InChI=1S/C20H20N2O5S/c1-2-10-22-28(24,25)17-6-4-16(5-7-17)20(23)21-11-9-15-3-8-18-19(14-15)27-13-12-26-18/h1,3-8,14,22H,9-13H2,(H,21,23). The van der Waals surface area contributed by atoms with E-state index in [0.717, 1.165) is 11.3 Å². The van der Waals surface area contributed by atoms with E-state index in [1.54, 1.807) is 0 Å². The first-order chi connectivity index (χ1) is 13.5. The van der Waals surface area contributed by atoms with Crippen LogP contribution in [0.3, 0.4) is 0 Å². The van der Waals surface area contributed by atoms with Crippen LogP contribution in [0.2, 0.25) is 0 Å². The molecule has 28 heavy (non-hydrogen) atoms. The molecule has 7 nitrogen and oxygen atoms in total. The number of hydrogen-bond acceptors (Lipinski definition) is 5. The average Bonchev–Trinajstić information content (AvgIpc) is 2.72. The molecule has 0 fully saturated rings. The third-order valence-electron chi connectivity index (χ3n) is 4.10. The zero-order valence-corrected chi connectivity index (χ0v) is 15.9. The highest BCUT2D eigenvalue weighted by molar-refractivity contribution is 7.89. The Morgan fingerprint density at radius 2 is 1.79 bits per heavy atom. The minimum absolute atomic E-state index is 0.0515. The van der Waals surface area contributed by atoms with Crippen LogP contribution in [-0.4, -0.2) is 40.6 Å². The molecule has 0 aliphatic carbocycles. The summed E-state index contributed by atoms with van der Waals surface area (Å²) in [6.45, 7) is 1.41. The van der Waals surface area contributed by atoms with Gasteiger partial charge >= 0.3 is 0 Å². The maximum atomic E-state index is 12.3. The summed E-state index contributed by atoms with van der Waals surface area (Å²) >= 11 is 0. The normalized spacial score (nSPS) is 12.8. The molecule has 1 heterocycles. The molecule has 8 heteroatoms. The lowest BCUT2D eigenvalue weighted by Gasteiger charge is -2.18. The molecule has 2 aromatic rings. The lowest BCUT2D eigenvalue weighted by atomic mass is 10.1. The average molecular weight is 400 g/mol. The van der Waals surface area contributed by atoms with E-state index in [1.165, 1.54) is 24.3 Å². The van der Waals surface area contributed by atoms with Crippen LogP contribution in [0.5, 0.6) is 11.5 Å². The fraction of sp³-hybridized carbons (Fsp3) is 0.250. The van der Waals surface area contributed by atoms with Crippen LogP contribution in [0.4, 0.5) is 0 Å². The van der Waals surface area contributed by atoms with Crippen LogP contribution in [0, 0.1) is 12.3 Å². The molecule has 146 valence electrons. The van der Waals surface area contributed by atoms with Gasteiger partial charge in [0.25, 0.3) is 5.91 Å². The quantitative estimate of drug-likeness (QED) is 0.684. The number of ether oxygens (including phenoxy) is 2. The van der Waals surface area contributed by atoms with Gasteiger partial charge < -0.3 is 14.8 Å². The van der Waals surface area contributed by atoms with Crippen molar-refractivity contribution in [1.29, 1.82) is 0 Å². The molecule has 0 unspecified atom stereocenters. The fourth-order valence-corrected chi connectivity index (χ4v) is 3.61. The predicted molar refractivity (Wildman–Crippen MR) is 104 cm³/mol. The Labute approximate surface area is 164 Å². The first-order valence-corrected chi connectivity index (χ1v) is 10.2. The van der Waals surface area contributed by atoms with E-state index in [9.17, 15) is 13.2 Å². The maximum Gasteiger partial charge on any atom is 0.251 e. The Morgan fingerprint density at radius 1 is 1.07 bits per heavy atom. The summed E-state index contributed by atoms with van der Waals surface area (Å²) < 4.78 is 37.2. The van der Waals surface area contributed by atoms with E-state index in [-0.39, 0.29) is 17.3 Å². The monoisotopic (exact) mass is 400 g/mol. The number of benzene rings is 2. The summed E-state index contributed by atoms with van der Waals surface area (Å²) in [4.78, 5) is 12.3. The predicted octanol–water partition coefficient (Wildman–Crippen LogP) is 1.34. The van der Waals surface area contributed by atoms with Crippen LogP contribution >= 0.6 is 0 Å². The van der Waals surface area contributed by atoms with Crippen molar-refractivity contribution in [3.63, 3.8) is 0 Å². The van der Waals surface area contributed by atoms with Crippen molar-refractivity contribution < 1.29 is 22.7 Å². The van der Waals surface area contributed by atoms with Crippen molar-refractivity contribution >= 4 is 15.9 Å². The third kappa shape index (κ3) is 4.82. The molecule has 0 saturated heterocycles. The van der Waals surface area contributed by atoms with E-state index in [4.69, 9.17) is 15.9 Å². The minimum Gasteiger partial charge on any atom is -0.486 e. The molecule has 0 atom stereocenters. The molecule has 0 bridgehead atoms. The van der Waals surface area contributed by atoms with Gasteiger partial charge in [0, 0.05) is 12.1 Å². The van der Waals surface area contributed by atoms with Gasteiger partial charge in [0.05, 0.1) is 11.4 Å². The topological polar surface area (TPSA) is 93.7 Å². The number of hydrogen-bond donors (Lipinski definition) is 2. The molecule has 1 amide bonds. The van der Waals surface area contributed by atoms with Crippen LogP contribution in [-0.2, 0) is 16.4 Å². The molecule has 0 radical (unpaired) electrons. The Hall–Kier alpha value is -3.02. The van der Waals surface area contributed by atoms with Gasteiger partial charge in [-0.15, -0.1) is 6.42 Å². The Balaban J connectivity index is 1.54. The second-order valence-electron chi connectivity index (χ2n) is 6.04. The molecule has 0 saturated carbocycles. The zero-order chi connectivity index (χ0) is 20.0. The van der Waals surface area contributed by atoms with Crippen molar-refractivity contribution in [1.82, 2.24) is 10.0 Å². The van der Waals surface area contributed by atoms with Gasteiger partial charge in [0.2, 0.25) is 10.0 Å². The highest BCUT2D eigenvalue weighted by Gasteiger charge is 2.14. The molecule has 1 aliphatic rings. The van der Waals surface area contributed by atoms with Crippen molar-refractivity contribution in [2.75, 3.05) is 26.3 Å².